The predicted octanol–water partition coefficient (Wildman–Crippen LogP) is 3.74. The third-order valence-electron chi connectivity index (χ3n) is 1.74. The fourth-order valence-corrected chi connectivity index (χ4v) is 2.44. The molecule has 0 spiro atoms. The van der Waals surface area contributed by atoms with Gasteiger partial charge in [-0.2, -0.15) is 0 Å². The number of benzene rings is 1. The molecule has 0 bridgehead atoms. The van der Waals surface area contributed by atoms with E-state index in [1.807, 2.05) is 6.92 Å². The van der Waals surface area contributed by atoms with Crippen molar-refractivity contribution in [3.8, 4) is 5.75 Å². The lowest BCUT2D eigenvalue weighted by Crippen LogP contribution is -2.20. The summed E-state index contributed by atoms with van der Waals surface area (Å²) >= 11 is 15.2. The molecule has 0 radical (unpaired) electrons. The highest BCUT2D eigenvalue weighted by molar-refractivity contribution is 9.10. The first-order valence-corrected chi connectivity index (χ1v) is 6.18. The molecule has 0 atom stereocenters. The second-order valence-corrected chi connectivity index (χ2v) is 4.60. The quantitative estimate of drug-likeness (QED) is 0.836. The maximum atomic E-state index is 5.99. The van der Waals surface area contributed by atoms with Gasteiger partial charge in [0.1, 0.15) is 6.61 Å². The molecular formula is C10H12BrCl2NO. The van der Waals surface area contributed by atoms with Crippen LogP contribution in [-0.4, -0.2) is 19.7 Å². The molecule has 1 N–H and O–H groups in total. The SMILES string of the molecule is CCNCCOc1c(Cl)cc(Cl)cc1Br. The van der Waals surface area contributed by atoms with E-state index in [0.717, 1.165) is 17.6 Å². The van der Waals surface area contributed by atoms with Gasteiger partial charge in [-0.15, -0.1) is 0 Å². The minimum absolute atomic E-state index is 0.519. The van der Waals surface area contributed by atoms with Gasteiger partial charge in [0, 0.05) is 11.6 Å². The van der Waals surface area contributed by atoms with Crippen molar-refractivity contribution in [1.82, 2.24) is 5.32 Å². The van der Waals surface area contributed by atoms with Gasteiger partial charge in [0.05, 0.1) is 9.50 Å². The zero-order valence-corrected chi connectivity index (χ0v) is 11.4. The summed E-state index contributed by atoms with van der Waals surface area (Å²) in [5.74, 6) is 0.638. The van der Waals surface area contributed by atoms with Crippen molar-refractivity contribution >= 4 is 39.1 Å². The zero-order valence-electron chi connectivity index (χ0n) is 8.32. The Morgan fingerprint density at radius 2 is 2.13 bits per heavy atom. The number of hydrogen-bond donors (Lipinski definition) is 1. The fourth-order valence-electron chi connectivity index (χ4n) is 1.07. The second kappa shape index (κ2) is 6.59. The van der Waals surface area contributed by atoms with Crippen molar-refractivity contribution in [3.63, 3.8) is 0 Å². The highest BCUT2D eigenvalue weighted by Gasteiger charge is 2.08. The van der Waals surface area contributed by atoms with Gasteiger partial charge in [-0.3, -0.25) is 0 Å². The van der Waals surface area contributed by atoms with Crippen molar-refractivity contribution in [1.29, 1.82) is 0 Å². The Labute approximate surface area is 108 Å². The van der Waals surface area contributed by atoms with Crippen LogP contribution in [-0.2, 0) is 0 Å². The zero-order chi connectivity index (χ0) is 11.3. The summed E-state index contributed by atoms with van der Waals surface area (Å²) in [6.45, 7) is 4.35. The Morgan fingerprint density at radius 1 is 1.40 bits per heavy atom. The molecule has 0 unspecified atom stereocenters. The average molecular weight is 313 g/mol. The lowest BCUT2D eigenvalue weighted by molar-refractivity contribution is 0.314. The van der Waals surface area contributed by atoms with Crippen molar-refractivity contribution in [2.45, 2.75) is 6.92 Å². The summed E-state index contributed by atoms with van der Waals surface area (Å²) < 4.78 is 6.30. The summed E-state index contributed by atoms with van der Waals surface area (Å²) in [6.07, 6.45) is 0. The maximum absolute atomic E-state index is 5.99. The van der Waals surface area contributed by atoms with Crippen LogP contribution >= 0.6 is 39.1 Å². The van der Waals surface area contributed by atoms with Crippen LogP contribution in [0.2, 0.25) is 10.0 Å². The molecule has 0 amide bonds. The molecule has 15 heavy (non-hydrogen) atoms. The van der Waals surface area contributed by atoms with Crippen molar-refractivity contribution in [2.75, 3.05) is 19.7 Å². The van der Waals surface area contributed by atoms with Gasteiger partial charge in [-0.25, -0.2) is 0 Å². The molecule has 84 valence electrons. The van der Waals surface area contributed by atoms with Gasteiger partial charge in [0.25, 0.3) is 0 Å². The smallest absolute Gasteiger partial charge is 0.152 e. The summed E-state index contributed by atoms with van der Waals surface area (Å²) in [5.41, 5.74) is 0. The van der Waals surface area contributed by atoms with E-state index in [-0.39, 0.29) is 0 Å². The van der Waals surface area contributed by atoms with Crippen LogP contribution in [0.3, 0.4) is 0 Å². The largest absolute Gasteiger partial charge is 0.490 e. The first-order chi connectivity index (χ1) is 7.15. The van der Waals surface area contributed by atoms with Crippen LogP contribution < -0.4 is 10.1 Å². The number of rotatable bonds is 5. The third kappa shape index (κ3) is 4.19. The van der Waals surface area contributed by atoms with Gasteiger partial charge in [0.2, 0.25) is 0 Å². The van der Waals surface area contributed by atoms with E-state index in [4.69, 9.17) is 27.9 Å². The van der Waals surface area contributed by atoms with Crippen LogP contribution in [0.4, 0.5) is 0 Å². The van der Waals surface area contributed by atoms with Crippen LogP contribution in [0.1, 0.15) is 6.92 Å². The summed E-state index contributed by atoms with van der Waals surface area (Å²) in [7, 11) is 0. The monoisotopic (exact) mass is 311 g/mol. The van der Waals surface area contributed by atoms with Crippen LogP contribution in [0.15, 0.2) is 16.6 Å². The molecule has 0 saturated carbocycles. The second-order valence-electron chi connectivity index (χ2n) is 2.90. The molecule has 0 saturated heterocycles. The summed E-state index contributed by atoms with van der Waals surface area (Å²) in [5, 5.41) is 4.27. The van der Waals surface area contributed by atoms with Crippen molar-refractivity contribution in [2.24, 2.45) is 0 Å². The molecule has 0 aliphatic rings. The third-order valence-corrected chi connectivity index (χ3v) is 2.83. The van der Waals surface area contributed by atoms with Crippen molar-refractivity contribution < 1.29 is 4.74 Å². The molecule has 1 rings (SSSR count). The van der Waals surface area contributed by atoms with E-state index in [1.165, 1.54) is 0 Å². The van der Waals surface area contributed by atoms with Crippen LogP contribution in [0.25, 0.3) is 0 Å². The van der Waals surface area contributed by atoms with Gasteiger partial charge in [-0.1, -0.05) is 30.1 Å². The number of likely N-dealkylation sites (N-methyl/N-ethyl adjacent to an activating group) is 1. The minimum atomic E-state index is 0.519. The van der Waals surface area contributed by atoms with Gasteiger partial charge in [-0.05, 0) is 34.6 Å². The van der Waals surface area contributed by atoms with E-state index >= 15 is 0 Å². The van der Waals surface area contributed by atoms with Gasteiger partial charge < -0.3 is 10.1 Å². The van der Waals surface area contributed by atoms with Gasteiger partial charge >= 0.3 is 0 Å². The first kappa shape index (κ1) is 13.1. The van der Waals surface area contributed by atoms with Crippen LogP contribution in [0.5, 0.6) is 5.75 Å². The summed E-state index contributed by atoms with van der Waals surface area (Å²) in [6, 6.07) is 3.42. The maximum Gasteiger partial charge on any atom is 0.152 e. The van der Waals surface area contributed by atoms with E-state index in [0.29, 0.717) is 22.4 Å². The normalized spacial score (nSPS) is 10.4. The topological polar surface area (TPSA) is 21.3 Å². The number of hydrogen-bond acceptors (Lipinski definition) is 2. The molecular weight excluding hydrogens is 301 g/mol. The van der Waals surface area contributed by atoms with Crippen LogP contribution in [0, 0.1) is 0 Å². The Kier molecular flexibility index (Phi) is 5.75. The minimum Gasteiger partial charge on any atom is -0.490 e. The Hall–Kier alpha value is 0.0400. The van der Waals surface area contributed by atoms with E-state index in [9.17, 15) is 0 Å². The Balaban J connectivity index is 2.60. The predicted molar refractivity (Wildman–Crippen MR) is 68.2 cm³/mol. The molecule has 0 aromatic heterocycles. The molecule has 1 aromatic carbocycles. The standard InChI is InChI=1S/C10H12BrCl2NO/c1-2-14-3-4-15-10-8(11)5-7(12)6-9(10)13/h5-6,14H,2-4H2,1H3. The highest BCUT2D eigenvalue weighted by Crippen LogP contribution is 2.35. The Bertz CT molecular complexity index is 310. The highest BCUT2D eigenvalue weighted by atomic mass is 79.9. The number of halogens is 3. The lowest BCUT2D eigenvalue weighted by atomic mass is 10.3. The first-order valence-electron chi connectivity index (χ1n) is 4.63. The van der Waals surface area contributed by atoms with Gasteiger partial charge in [0.15, 0.2) is 5.75 Å². The molecule has 1 aromatic rings. The average Bonchev–Trinajstić information content (AvgIpc) is 2.15. The number of nitrogens with one attached hydrogen (secondary N) is 1. The van der Waals surface area contributed by atoms with Crippen molar-refractivity contribution in [3.05, 3.63) is 26.7 Å². The molecule has 0 aliphatic carbocycles. The van der Waals surface area contributed by atoms with E-state index < -0.39 is 0 Å². The molecule has 0 heterocycles. The van der Waals surface area contributed by atoms with E-state index in [2.05, 4.69) is 21.2 Å². The molecule has 2 nitrogen and oxygen atoms in total. The summed E-state index contributed by atoms with van der Waals surface area (Å²) in [4.78, 5) is 0. The molecule has 5 heteroatoms. The lowest BCUT2D eigenvalue weighted by Gasteiger charge is -2.10. The molecule has 0 aliphatic heterocycles. The fraction of sp³-hybridized carbons (Fsp3) is 0.400. The Morgan fingerprint density at radius 3 is 2.73 bits per heavy atom. The van der Waals surface area contributed by atoms with E-state index in [1.54, 1.807) is 12.1 Å². The molecule has 0 fully saturated rings. The number of ether oxygens (including phenoxy) is 1.